The molecule has 0 atom stereocenters. The van der Waals surface area contributed by atoms with Gasteiger partial charge < -0.3 is 24.4 Å². The number of phenols is 1. The molecule has 2 heterocycles. The summed E-state index contributed by atoms with van der Waals surface area (Å²) < 4.78 is 16.1. The maximum atomic E-state index is 8.83. The summed E-state index contributed by atoms with van der Waals surface area (Å²) >= 11 is 0. The van der Waals surface area contributed by atoms with Gasteiger partial charge in [-0.3, -0.25) is 0 Å². The van der Waals surface area contributed by atoms with Crippen molar-refractivity contribution < 1.29 is 24.4 Å². The van der Waals surface area contributed by atoms with Crippen molar-refractivity contribution >= 4 is 0 Å². The lowest BCUT2D eigenvalue weighted by atomic mass is 10.1. The molecule has 0 aliphatic carbocycles. The number of hydrogen-bond acceptors (Lipinski definition) is 5. The van der Waals surface area contributed by atoms with Gasteiger partial charge in [0.2, 0.25) is 0 Å². The number of hydrogen-bond donors (Lipinski definition) is 2. The van der Waals surface area contributed by atoms with Crippen LogP contribution in [0.5, 0.6) is 11.5 Å². The minimum Gasteiger partial charge on any atom is -0.508 e. The molecule has 2 fully saturated rings. The van der Waals surface area contributed by atoms with Gasteiger partial charge in [-0.15, -0.1) is 0 Å². The second-order valence-electron chi connectivity index (χ2n) is 7.42. The normalized spacial score (nSPS) is 14.7. The van der Waals surface area contributed by atoms with Crippen LogP contribution in [0.2, 0.25) is 0 Å². The maximum absolute atomic E-state index is 8.83. The average molecular weight is 495 g/mol. The van der Waals surface area contributed by atoms with E-state index in [1.165, 1.54) is 11.1 Å². The highest BCUT2D eigenvalue weighted by molar-refractivity contribution is 5.26. The van der Waals surface area contributed by atoms with Crippen molar-refractivity contribution in [1.82, 2.24) is 0 Å². The van der Waals surface area contributed by atoms with Crippen molar-refractivity contribution in [3.63, 3.8) is 0 Å². The van der Waals surface area contributed by atoms with Crippen molar-refractivity contribution in [3.8, 4) is 11.5 Å². The lowest BCUT2D eigenvalue weighted by Crippen LogP contribution is -2.25. The van der Waals surface area contributed by atoms with Gasteiger partial charge in [0.15, 0.2) is 0 Å². The molecule has 0 bridgehead atoms. The first kappa shape index (κ1) is 37.5. The van der Waals surface area contributed by atoms with Gasteiger partial charge in [-0.1, -0.05) is 77.9 Å². The molecule has 2 N–H and O–H groups in total. The fourth-order valence-electron chi connectivity index (χ4n) is 2.83. The van der Waals surface area contributed by atoms with E-state index in [-0.39, 0.29) is 21.0 Å². The van der Waals surface area contributed by atoms with Crippen molar-refractivity contribution in [2.24, 2.45) is 0 Å². The van der Waals surface area contributed by atoms with E-state index in [4.69, 9.17) is 24.4 Å². The number of phenolic OH excluding ortho intramolecular Hbond substituents is 1. The standard InChI is InChI=1S/C12H16O2.C7H8O.C5H10O2.2C2H6.2CH4/c1-10-2-4-11(5-3-10)14-12-6-8-13-9-7-12;1-6-2-4-7(8)5-3-6;6-5-1-3-7-4-2-5;2*1-2;;/h2-5,12H,6-9H2,1H3;2-5,8H,1H3;5-6H,1-4H2;2*1-2H3;2*1H4. The van der Waals surface area contributed by atoms with Crippen molar-refractivity contribution in [3.05, 3.63) is 59.7 Å². The Morgan fingerprint density at radius 1 is 0.657 bits per heavy atom. The molecule has 4 rings (SSSR count). The zero-order valence-electron chi connectivity index (χ0n) is 21.5. The summed E-state index contributed by atoms with van der Waals surface area (Å²) in [7, 11) is 0. The first-order valence-electron chi connectivity index (χ1n) is 12.4. The predicted molar refractivity (Wildman–Crippen MR) is 151 cm³/mol. The average Bonchev–Trinajstić information content (AvgIpc) is 2.87. The van der Waals surface area contributed by atoms with Crippen LogP contribution in [0, 0.1) is 13.8 Å². The zero-order chi connectivity index (χ0) is 24.9. The molecule has 5 heteroatoms. The number of aryl methyl sites for hydroxylation is 2. The van der Waals surface area contributed by atoms with Gasteiger partial charge in [-0.25, -0.2) is 0 Å². The Hall–Kier alpha value is -2.08. The lowest BCUT2D eigenvalue weighted by molar-refractivity contribution is 0.0140. The highest BCUT2D eigenvalue weighted by Gasteiger charge is 2.14. The molecule has 0 spiro atoms. The smallest absolute Gasteiger partial charge is 0.119 e. The summed E-state index contributed by atoms with van der Waals surface area (Å²) in [5.74, 6) is 1.30. The Morgan fingerprint density at radius 3 is 1.37 bits per heavy atom. The van der Waals surface area contributed by atoms with E-state index in [9.17, 15) is 0 Å². The Balaban J connectivity index is -0.000000423. The van der Waals surface area contributed by atoms with Crippen LogP contribution in [0.1, 0.15) is 79.4 Å². The minimum atomic E-state index is -0.0891. The number of aromatic hydroxyl groups is 1. The molecule has 2 aliphatic rings. The molecule has 204 valence electrons. The number of rotatable bonds is 2. The SMILES string of the molecule is C.C.CC.CC.Cc1ccc(O)cc1.Cc1ccc(OC2CCOCC2)cc1.OC1CCOCC1. The molecule has 2 aliphatic heterocycles. The van der Waals surface area contributed by atoms with Crippen LogP contribution in [0.15, 0.2) is 48.5 Å². The predicted octanol–water partition coefficient (Wildman–Crippen LogP) is 7.74. The fourth-order valence-corrected chi connectivity index (χ4v) is 2.83. The highest BCUT2D eigenvalue weighted by Crippen LogP contribution is 2.18. The van der Waals surface area contributed by atoms with Gasteiger partial charge in [0.05, 0.1) is 19.3 Å². The molecule has 0 amide bonds. The van der Waals surface area contributed by atoms with Crippen LogP contribution in [-0.2, 0) is 9.47 Å². The first-order valence-corrected chi connectivity index (χ1v) is 12.4. The lowest BCUT2D eigenvalue weighted by Gasteiger charge is -2.23. The van der Waals surface area contributed by atoms with Crippen LogP contribution in [0.4, 0.5) is 0 Å². The summed E-state index contributed by atoms with van der Waals surface area (Å²) in [5.41, 5.74) is 2.44. The van der Waals surface area contributed by atoms with Gasteiger partial charge in [0.25, 0.3) is 0 Å². The molecule has 0 saturated carbocycles. The summed E-state index contributed by atoms with van der Waals surface area (Å²) in [6.07, 6.45) is 3.90. The van der Waals surface area contributed by atoms with Crippen LogP contribution in [0.3, 0.4) is 0 Å². The fraction of sp³-hybridized carbons (Fsp3) is 0.600. The molecule has 0 aromatic heterocycles. The molecule has 35 heavy (non-hydrogen) atoms. The molecular weight excluding hydrogens is 440 g/mol. The van der Waals surface area contributed by atoms with Crippen LogP contribution in [0.25, 0.3) is 0 Å². The van der Waals surface area contributed by atoms with E-state index in [0.29, 0.717) is 11.9 Å². The van der Waals surface area contributed by atoms with Gasteiger partial charge >= 0.3 is 0 Å². The number of ether oxygens (including phenoxy) is 3. The minimum absolute atomic E-state index is 0. The molecule has 2 saturated heterocycles. The first-order chi connectivity index (χ1) is 16.0. The van der Waals surface area contributed by atoms with Crippen molar-refractivity contribution in [1.29, 1.82) is 0 Å². The third-order valence-corrected chi connectivity index (χ3v) is 4.72. The number of aliphatic hydroxyl groups excluding tert-OH is 1. The maximum Gasteiger partial charge on any atom is 0.119 e. The third kappa shape index (κ3) is 19.9. The van der Waals surface area contributed by atoms with E-state index in [2.05, 4.69) is 19.1 Å². The molecule has 0 radical (unpaired) electrons. The molecule has 0 unspecified atom stereocenters. The third-order valence-electron chi connectivity index (χ3n) is 4.72. The van der Waals surface area contributed by atoms with Crippen LogP contribution >= 0.6 is 0 Å². The second kappa shape index (κ2) is 25.0. The largest absolute Gasteiger partial charge is 0.508 e. The topological polar surface area (TPSA) is 68.2 Å². The molecule has 2 aromatic carbocycles. The number of benzene rings is 2. The zero-order valence-corrected chi connectivity index (χ0v) is 21.5. The Morgan fingerprint density at radius 2 is 1.03 bits per heavy atom. The summed E-state index contributed by atoms with van der Waals surface area (Å²) in [5, 5.41) is 17.6. The van der Waals surface area contributed by atoms with Crippen LogP contribution in [-0.4, -0.2) is 48.8 Å². The van der Waals surface area contributed by atoms with Gasteiger partial charge in [-0.2, -0.15) is 0 Å². The van der Waals surface area contributed by atoms with E-state index in [1.807, 2.05) is 58.9 Å². The molecular formula is C30H54O5. The molecule has 2 aromatic rings. The van der Waals surface area contributed by atoms with E-state index in [0.717, 1.165) is 57.9 Å². The summed E-state index contributed by atoms with van der Waals surface area (Å²) in [4.78, 5) is 0. The van der Waals surface area contributed by atoms with Crippen molar-refractivity contribution in [2.45, 2.75) is 94.3 Å². The van der Waals surface area contributed by atoms with Crippen molar-refractivity contribution in [2.75, 3.05) is 26.4 Å². The Bertz CT molecular complexity index is 637. The summed E-state index contributed by atoms with van der Waals surface area (Å²) in [6.45, 7) is 15.2. The van der Waals surface area contributed by atoms with Gasteiger partial charge in [0.1, 0.15) is 17.6 Å². The highest BCUT2D eigenvalue weighted by atomic mass is 16.5. The van der Waals surface area contributed by atoms with Gasteiger partial charge in [0, 0.05) is 26.1 Å². The van der Waals surface area contributed by atoms with Gasteiger partial charge in [-0.05, 0) is 51.0 Å². The molecule has 5 nitrogen and oxygen atoms in total. The second-order valence-corrected chi connectivity index (χ2v) is 7.42. The van der Waals surface area contributed by atoms with Crippen LogP contribution < -0.4 is 4.74 Å². The van der Waals surface area contributed by atoms with E-state index < -0.39 is 0 Å². The van der Waals surface area contributed by atoms with E-state index in [1.54, 1.807) is 12.1 Å². The quantitative estimate of drug-likeness (QED) is 0.447. The van der Waals surface area contributed by atoms with E-state index >= 15 is 0 Å². The summed E-state index contributed by atoms with van der Waals surface area (Å²) in [6, 6.07) is 15.3. The monoisotopic (exact) mass is 494 g/mol. The number of aliphatic hydroxyl groups is 1. The Labute approximate surface area is 216 Å². The Kier molecular flexibility index (Phi) is 26.8.